The van der Waals surface area contributed by atoms with E-state index < -0.39 is 13.2 Å². The number of hydrogen-bond donors (Lipinski definition) is 1. The molecule has 0 aliphatic heterocycles. The number of benzene rings is 3. The van der Waals surface area contributed by atoms with Gasteiger partial charge < -0.3 is 14.5 Å². The van der Waals surface area contributed by atoms with Crippen LogP contribution in [-0.4, -0.2) is 32.3 Å². The van der Waals surface area contributed by atoms with Crippen LogP contribution in [-0.2, 0) is 12.8 Å². The first-order chi connectivity index (χ1) is 19.5. The number of aryl methyl sites for hydroxylation is 1. The number of ether oxygens (including phenoxy) is 1. The fourth-order valence-corrected chi connectivity index (χ4v) is 11.0. The summed E-state index contributed by atoms with van der Waals surface area (Å²) in [5, 5.41) is 14.5. The number of carbonyl (C=O) groups is 1. The van der Waals surface area contributed by atoms with Crippen molar-refractivity contribution in [1.82, 2.24) is 5.32 Å². The first kappa shape index (κ1) is 31.9. The van der Waals surface area contributed by atoms with E-state index in [9.17, 15) is 14.9 Å². The number of nitro benzene ring substituents is 1. The molecule has 0 spiro atoms. The van der Waals surface area contributed by atoms with E-state index in [0.29, 0.717) is 35.2 Å². The summed E-state index contributed by atoms with van der Waals surface area (Å²) in [6.45, 7) is 14.3. The van der Waals surface area contributed by atoms with E-state index in [-0.39, 0.29) is 24.0 Å². The predicted octanol–water partition coefficient (Wildman–Crippen LogP) is 8.13. The minimum atomic E-state index is -2.03. The first-order valence-electron chi connectivity index (χ1n) is 14.6. The number of nitro groups is 1. The van der Waals surface area contributed by atoms with Gasteiger partial charge in [-0.3, -0.25) is 14.9 Å². The summed E-state index contributed by atoms with van der Waals surface area (Å²) >= 11 is 0. The zero-order chi connectivity index (χ0) is 30.0. The normalized spacial score (nSPS) is 11.6. The van der Waals surface area contributed by atoms with Crippen LogP contribution in [0.3, 0.4) is 0 Å². The Balaban J connectivity index is 1.59. The lowest BCUT2D eigenvalue weighted by molar-refractivity contribution is -0.385. The summed E-state index contributed by atoms with van der Waals surface area (Å²) in [6, 6.07) is 22.4. The van der Waals surface area contributed by atoms with Gasteiger partial charge in [-0.1, -0.05) is 84.0 Å². The van der Waals surface area contributed by atoms with Crippen LogP contribution >= 0.6 is 0 Å². The molecular weight excluding hydrogens is 532 g/mol. The minimum absolute atomic E-state index is 0.0912. The van der Waals surface area contributed by atoms with Crippen molar-refractivity contribution in [2.75, 3.05) is 13.2 Å². The molecule has 8 heteroatoms. The van der Waals surface area contributed by atoms with Gasteiger partial charge in [-0.15, -0.1) is 0 Å². The molecule has 3 rings (SSSR count). The van der Waals surface area contributed by atoms with Gasteiger partial charge in [0.2, 0.25) is 0 Å². The highest BCUT2D eigenvalue weighted by Gasteiger charge is 2.46. The van der Waals surface area contributed by atoms with Gasteiger partial charge in [-0.05, 0) is 58.8 Å². The van der Waals surface area contributed by atoms with Crippen LogP contribution in [0.25, 0.3) is 0 Å². The van der Waals surface area contributed by atoms with Crippen LogP contribution < -0.4 is 14.5 Å². The highest BCUT2D eigenvalue weighted by atomic mass is 28.4. The van der Waals surface area contributed by atoms with Crippen molar-refractivity contribution in [3.05, 3.63) is 99.6 Å². The second-order valence-electron chi connectivity index (χ2n) is 11.4. The van der Waals surface area contributed by atoms with E-state index >= 15 is 0 Å². The van der Waals surface area contributed by atoms with E-state index in [1.54, 1.807) is 0 Å². The Morgan fingerprint density at radius 1 is 0.854 bits per heavy atom. The molecule has 41 heavy (non-hydrogen) atoms. The van der Waals surface area contributed by atoms with Crippen molar-refractivity contribution in [2.45, 2.75) is 77.4 Å². The summed E-state index contributed by atoms with van der Waals surface area (Å²) in [7, 11) is -2.03. The molecule has 7 nitrogen and oxygen atoms in total. The number of amides is 1. The average Bonchev–Trinajstić information content (AvgIpc) is 2.94. The lowest BCUT2D eigenvalue weighted by Gasteiger charge is -2.42. The molecule has 0 radical (unpaired) electrons. The molecule has 0 aliphatic carbocycles. The quantitative estimate of drug-likeness (QED) is 0.0853. The van der Waals surface area contributed by atoms with E-state index in [4.69, 9.17) is 9.16 Å². The molecule has 0 saturated carbocycles. The third-order valence-electron chi connectivity index (χ3n) is 7.76. The zero-order valence-electron chi connectivity index (χ0n) is 25.2. The first-order valence-corrected chi connectivity index (χ1v) is 16.7. The van der Waals surface area contributed by atoms with Crippen LogP contribution in [0.5, 0.6) is 11.5 Å². The molecule has 0 fully saturated rings. The molecule has 220 valence electrons. The average molecular weight is 577 g/mol. The Morgan fingerprint density at radius 3 is 2.05 bits per heavy atom. The molecular formula is C33H44N2O5Si. The van der Waals surface area contributed by atoms with Crippen molar-refractivity contribution in [3.63, 3.8) is 0 Å². The molecule has 0 unspecified atom stereocenters. The topological polar surface area (TPSA) is 90.7 Å². The second-order valence-corrected chi connectivity index (χ2v) is 16.8. The smallest absolute Gasteiger partial charge is 0.310 e. The standard InChI is InChI=1S/C33H44N2O5Si/c1-24(2)41(25(3)4,26(5)6)40-30-17-14-28(15-18-30)20-22-39-32-23-29(16-19-31(32)35(37)38)33(36)34-21-10-13-27-11-8-7-9-12-27/h7-9,11-12,14-19,23-26H,10,13,20-22H2,1-6H3,(H,34,36). The summed E-state index contributed by atoms with van der Waals surface area (Å²) in [5.74, 6) is 0.696. The number of rotatable bonds is 15. The van der Waals surface area contributed by atoms with Crippen molar-refractivity contribution < 1.29 is 18.9 Å². The van der Waals surface area contributed by atoms with Crippen molar-refractivity contribution in [1.29, 1.82) is 0 Å². The highest BCUT2D eigenvalue weighted by Crippen LogP contribution is 2.42. The Hall–Kier alpha value is -3.65. The summed E-state index contributed by atoms with van der Waals surface area (Å²) < 4.78 is 12.6. The third kappa shape index (κ3) is 8.42. The third-order valence-corrected chi connectivity index (χ3v) is 13.8. The van der Waals surface area contributed by atoms with Crippen LogP contribution in [0.4, 0.5) is 5.69 Å². The number of carbonyl (C=O) groups excluding carboxylic acids is 1. The number of hydrogen-bond acceptors (Lipinski definition) is 5. The van der Waals surface area contributed by atoms with Gasteiger partial charge in [0.15, 0.2) is 5.75 Å². The Labute approximate surface area is 245 Å². The minimum Gasteiger partial charge on any atom is -0.543 e. The van der Waals surface area contributed by atoms with Gasteiger partial charge >= 0.3 is 5.69 Å². The maximum atomic E-state index is 12.7. The maximum Gasteiger partial charge on any atom is 0.310 e. The van der Waals surface area contributed by atoms with Crippen LogP contribution in [0.15, 0.2) is 72.8 Å². The lowest BCUT2D eigenvalue weighted by atomic mass is 10.1. The molecule has 0 atom stereocenters. The summed E-state index contributed by atoms with van der Waals surface area (Å²) in [6.07, 6.45) is 2.22. The van der Waals surface area contributed by atoms with E-state index in [1.807, 2.05) is 42.5 Å². The lowest BCUT2D eigenvalue weighted by Crippen LogP contribution is -2.50. The molecule has 0 saturated heterocycles. The maximum absolute atomic E-state index is 12.7. The molecule has 1 N–H and O–H groups in total. The van der Waals surface area contributed by atoms with Crippen molar-refractivity contribution in [3.8, 4) is 11.5 Å². The van der Waals surface area contributed by atoms with Gasteiger partial charge in [0.1, 0.15) is 5.75 Å². The second kappa shape index (κ2) is 14.8. The van der Waals surface area contributed by atoms with Crippen LogP contribution in [0.1, 0.15) is 69.4 Å². The Morgan fingerprint density at radius 2 is 1.46 bits per heavy atom. The molecule has 3 aromatic carbocycles. The van der Waals surface area contributed by atoms with E-state index in [2.05, 4.69) is 59.0 Å². The van der Waals surface area contributed by atoms with E-state index in [1.165, 1.54) is 23.8 Å². The molecule has 0 aliphatic rings. The van der Waals surface area contributed by atoms with Crippen molar-refractivity contribution >= 4 is 19.9 Å². The number of nitrogens with zero attached hydrogens (tertiary/aromatic N) is 1. The Kier molecular flexibility index (Phi) is 11.5. The summed E-state index contributed by atoms with van der Waals surface area (Å²) in [4.78, 5) is 23.8. The molecule has 3 aromatic rings. The zero-order valence-corrected chi connectivity index (χ0v) is 26.2. The largest absolute Gasteiger partial charge is 0.543 e. The predicted molar refractivity (Wildman–Crippen MR) is 168 cm³/mol. The van der Waals surface area contributed by atoms with Gasteiger partial charge in [0, 0.05) is 30.7 Å². The fourth-order valence-electron chi connectivity index (χ4n) is 5.72. The summed E-state index contributed by atoms with van der Waals surface area (Å²) in [5.41, 5.74) is 3.88. The molecule has 0 bridgehead atoms. The molecule has 0 aromatic heterocycles. The fraction of sp³-hybridized carbons (Fsp3) is 0.424. The van der Waals surface area contributed by atoms with Crippen LogP contribution in [0, 0.1) is 10.1 Å². The SMILES string of the molecule is CC(C)[Si](Oc1ccc(CCOc2cc(C(=O)NCCCc3ccccc3)ccc2[N+](=O)[O-])cc1)(C(C)C)C(C)C. The van der Waals surface area contributed by atoms with Gasteiger partial charge in [0.25, 0.3) is 14.2 Å². The van der Waals surface area contributed by atoms with Gasteiger partial charge in [0.05, 0.1) is 11.5 Å². The monoisotopic (exact) mass is 576 g/mol. The van der Waals surface area contributed by atoms with Gasteiger partial charge in [-0.25, -0.2) is 0 Å². The number of nitrogens with one attached hydrogen (secondary N) is 1. The van der Waals surface area contributed by atoms with Gasteiger partial charge in [-0.2, -0.15) is 0 Å². The van der Waals surface area contributed by atoms with Crippen LogP contribution in [0.2, 0.25) is 16.6 Å². The Bertz CT molecular complexity index is 1250. The van der Waals surface area contributed by atoms with Crippen molar-refractivity contribution in [2.24, 2.45) is 0 Å². The highest BCUT2D eigenvalue weighted by molar-refractivity contribution is 6.78. The van der Waals surface area contributed by atoms with E-state index in [0.717, 1.165) is 24.2 Å². The molecule has 1 amide bonds. The molecule has 0 heterocycles.